The quantitative estimate of drug-likeness (QED) is 0.874. The predicted molar refractivity (Wildman–Crippen MR) is 64.6 cm³/mol. The molecule has 0 aliphatic carbocycles. The van der Waals surface area contributed by atoms with Crippen LogP contribution in [0.2, 0.25) is 0 Å². The Balaban J connectivity index is 2.11. The molecule has 2 rings (SSSR count). The molecule has 0 bridgehead atoms. The highest BCUT2D eigenvalue weighted by Gasteiger charge is 2.07. The zero-order valence-corrected chi connectivity index (χ0v) is 10.8. The van der Waals surface area contributed by atoms with Gasteiger partial charge in [-0.2, -0.15) is 0 Å². The van der Waals surface area contributed by atoms with Crippen molar-refractivity contribution in [3.8, 4) is 0 Å². The van der Waals surface area contributed by atoms with Gasteiger partial charge in [-0.15, -0.1) is 5.10 Å². The van der Waals surface area contributed by atoms with Crippen LogP contribution in [-0.4, -0.2) is 32.2 Å². The molecule has 2 heterocycles. The summed E-state index contributed by atoms with van der Waals surface area (Å²) in [5, 5.41) is 15.2. The summed E-state index contributed by atoms with van der Waals surface area (Å²) in [6.07, 6.45) is 1.84. The highest BCUT2D eigenvalue weighted by atomic mass is 32.2. The first-order valence-electron chi connectivity index (χ1n) is 5.24. The molecule has 0 amide bonds. The van der Waals surface area contributed by atoms with Gasteiger partial charge in [0.1, 0.15) is 0 Å². The number of nitrogens with one attached hydrogen (secondary N) is 1. The molecular formula is C10H14N6S. The van der Waals surface area contributed by atoms with Gasteiger partial charge in [-0.1, -0.05) is 0 Å². The van der Waals surface area contributed by atoms with Crippen LogP contribution in [0.4, 0.5) is 0 Å². The second kappa shape index (κ2) is 5.24. The fraction of sp³-hybridized carbons (Fsp3) is 0.400. The van der Waals surface area contributed by atoms with Gasteiger partial charge in [0.25, 0.3) is 0 Å². The van der Waals surface area contributed by atoms with Gasteiger partial charge >= 0.3 is 0 Å². The Morgan fingerprint density at radius 2 is 2.24 bits per heavy atom. The summed E-state index contributed by atoms with van der Waals surface area (Å²) in [5.74, 6) is 0. The van der Waals surface area contributed by atoms with E-state index in [2.05, 4.69) is 32.7 Å². The minimum absolute atomic E-state index is 0.255. The van der Waals surface area contributed by atoms with Crippen LogP contribution in [0.25, 0.3) is 0 Å². The highest BCUT2D eigenvalue weighted by molar-refractivity contribution is 7.99. The summed E-state index contributed by atoms with van der Waals surface area (Å²) in [6.45, 7) is 2.07. The van der Waals surface area contributed by atoms with Crippen molar-refractivity contribution in [2.45, 2.75) is 23.0 Å². The average Bonchev–Trinajstić information content (AvgIpc) is 2.75. The number of nitrogens with zero attached hydrogens (tertiary/aromatic N) is 5. The van der Waals surface area contributed by atoms with Gasteiger partial charge in [0.15, 0.2) is 0 Å². The first-order valence-corrected chi connectivity index (χ1v) is 6.06. The van der Waals surface area contributed by atoms with E-state index in [0.717, 1.165) is 15.7 Å². The van der Waals surface area contributed by atoms with E-state index in [9.17, 15) is 0 Å². The number of tetrazole rings is 1. The van der Waals surface area contributed by atoms with E-state index in [-0.39, 0.29) is 6.04 Å². The van der Waals surface area contributed by atoms with E-state index in [0.29, 0.717) is 0 Å². The second-order valence-corrected chi connectivity index (χ2v) is 4.66. The van der Waals surface area contributed by atoms with E-state index in [1.165, 1.54) is 11.8 Å². The second-order valence-electron chi connectivity index (χ2n) is 3.62. The van der Waals surface area contributed by atoms with Crippen LogP contribution in [-0.2, 0) is 7.05 Å². The molecule has 1 unspecified atom stereocenters. The van der Waals surface area contributed by atoms with Gasteiger partial charge in [0.2, 0.25) is 5.16 Å². The van der Waals surface area contributed by atoms with Crippen LogP contribution < -0.4 is 5.32 Å². The average molecular weight is 250 g/mol. The molecular weight excluding hydrogens is 236 g/mol. The van der Waals surface area contributed by atoms with Gasteiger partial charge in [0, 0.05) is 24.2 Å². The van der Waals surface area contributed by atoms with Crippen molar-refractivity contribution in [2.75, 3.05) is 7.05 Å². The first kappa shape index (κ1) is 12.0. The van der Waals surface area contributed by atoms with Crippen molar-refractivity contribution < 1.29 is 0 Å². The van der Waals surface area contributed by atoms with Crippen molar-refractivity contribution >= 4 is 11.8 Å². The SMILES string of the molecule is CNC(C)c1ccc(Sc2nnnn2C)cn1. The minimum atomic E-state index is 0.255. The monoisotopic (exact) mass is 250 g/mol. The molecule has 0 radical (unpaired) electrons. The molecule has 2 aromatic heterocycles. The molecule has 0 fully saturated rings. The summed E-state index contributed by atoms with van der Waals surface area (Å²) in [5.41, 5.74) is 1.02. The predicted octanol–water partition coefficient (Wildman–Crippen LogP) is 1.04. The van der Waals surface area contributed by atoms with Crippen LogP contribution >= 0.6 is 11.8 Å². The fourth-order valence-electron chi connectivity index (χ4n) is 1.27. The fourth-order valence-corrected chi connectivity index (χ4v) is 1.97. The molecule has 1 atom stereocenters. The molecule has 6 nitrogen and oxygen atoms in total. The molecule has 1 N–H and O–H groups in total. The number of hydrogen-bond donors (Lipinski definition) is 1. The molecule has 0 aliphatic rings. The molecule has 0 saturated heterocycles. The van der Waals surface area contributed by atoms with Crippen molar-refractivity contribution in [2.24, 2.45) is 7.05 Å². The maximum atomic E-state index is 4.40. The molecule has 90 valence electrons. The molecule has 0 aliphatic heterocycles. The van der Waals surface area contributed by atoms with E-state index >= 15 is 0 Å². The molecule has 0 aromatic carbocycles. The Morgan fingerprint density at radius 3 is 2.76 bits per heavy atom. The van der Waals surface area contributed by atoms with Crippen molar-refractivity contribution in [1.29, 1.82) is 0 Å². The topological polar surface area (TPSA) is 68.5 Å². The zero-order valence-electron chi connectivity index (χ0n) is 9.95. The van der Waals surface area contributed by atoms with Crippen molar-refractivity contribution in [1.82, 2.24) is 30.5 Å². The lowest BCUT2D eigenvalue weighted by Crippen LogP contribution is -2.13. The van der Waals surface area contributed by atoms with E-state index in [4.69, 9.17) is 0 Å². The van der Waals surface area contributed by atoms with E-state index in [1.807, 2.05) is 32.4 Å². The molecule has 0 saturated carbocycles. The Labute approximate surface area is 104 Å². The van der Waals surface area contributed by atoms with E-state index in [1.54, 1.807) is 4.68 Å². The first-order chi connectivity index (χ1) is 8.20. The summed E-state index contributed by atoms with van der Waals surface area (Å²) in [6, 6.07) is 4.29. The Bertz CT molecular complexity index is 480. The summed E-state index contributed by atoms with van der Waals surface area (Å²) >= 11 is 1.49. The van der Waals surface area contributed by atoms with Gasteiger partial charge in [-0.05, 0) is 48.3 Å². The van der Waals surface area contributed by atoms with E-state index < -0.39 is 0 Å². The number of aryl methyl sites for hydroxylation is 1. The summed E-state index contributed by atoms with van der Waals surface area (Å²) in [4.78, 5) is 5.42. The summed E-state index contributed by atoms with van der Waals surface area (Å²) in [7, 11) is 3.73. The lowest BCUT2D eigenvalue weighted by atomic mass is 10.2. The maximum Gasteiger partial charge on any atom is 0.213 e. The van der Waals surface area contributed by atoms with Gasteiger partial charge < -0.3 is 5.32 Å². The van der Waals surface area contributed by atoms with Crippen molar-refractivity contribution in [3.05, 3.63) is 24.0 Å². The van der Waals surface area contributed by atoms with Crippen LogP contribution in [0.5, 0.6) is 0 Å². The third-order valence-corrected chi connectivity index (χ3v) is 3.43. The highest BCUT2D eigenvalue weighted by Crippen LogP contribution is 2.24. The molecule has 2 aromatic rings. The Kier molecular flexibility index (Phi) is 3.70. The third kappa shape index (κ3) is 2.80. The maximum absolute atomic E-state index is 4.40. The Hall–Kier alpha value is -1.47. The lowest BCUT2D eigenvalue weighted by Gasteiger charge is -2.09. The number of aromatic nitrogens is 5. The standard InChI is InChI=1S/C10H14N6S/c1-7(11-2)9-5-4-8(6-12-9)17-10-13-14-15-16(10)3/h4-7,11H,1-3H3. The van der Waals surface area contributed by atoms with Crippen LogP contribution in [0.15, 0.2) is 28.4 Å². The molecule has 0 spiro atoms. The van der Waals surface area contributed by atoms with Crippen LogP contribution in [0.1, 0.15) is 18.7 Å². The molecule has 7 heteroatoms. The summed E-state index contributed by atoms with van der Waals surface area (Å²) < 4.78 is 1.63. The van der Waals surface area contributed by atoms with Gasteiger partial charge in [0.05, 0.1) is 5.69 Å². The Morgan fingerprint density at radius 1 is 1.41 bits per heavy atom. The minimum Gasteiger partial charge on any atom is -0.312 e. The lowest BCUT2D eigenvalue weighted by molar-refractivity contribution is 0.631. The number of rotatable bonds is 4. The third-order valence-electron chi connectivity index (χ3n) is 2.43. The van der Waals surface area contributed by atoms with Gasteiger partial charge in [-0.3, -0.25) is 4.98 Å². The van der Waals surface area contributed by atoms with Gasteiger partial charge in [-0.25, -0.2) is 4.68 Å². The smallest absolute Gasteiger partial charge is 0.213 e. The zero-order chi connectivity index (χ0) is 12.3. The molecule has 17 heavy (non-hydrogen) atoms. The number of hydrogen-bond acceptors (Lipinski definition) is 6. The van der Waals surface area contributed by atoms with Crippen molar-refractivity contribution in [3.63, 3.8) is 0 Å². The largest absolute Gasteiger partial charge is 0.312 e. The normalized spacial score (nSPS) is 12.6. The van der Waals surface area contributed by atoms with Crippen LogP contribution in [0, 0.1) is 0 Å². The number of pyridine rings is 1. The van der Waals surface area contributed by atoms with Crippen LogP contribution in [0.3, 0.4) is 0 Å².